The van der Waals surface area contributed by atoms with Gasteiger partial charge in [0.1, 0.15) is 5.75 Å². The maximum Gasteiger partial charge on any atom is 0.262 e. The summed E-state index contributed by atoms with van der Waals surface area (Å²) in [6, 6.07) is 11.5. The number of fused-ring (bicyclic) bond motifs is 1. The van der Waals surface area contributed by atoms with Gasteiger partial charge in [-0.2, -0.15) is 0 Å². The predicted molar refractivity (Wildman–Crippen MR) is 113 cm³/mol. The van der Waals surface area contributed by atoms with E-state index in [0.717, 1.165) is 21.3 Å². The number of ether oxygens (including phenoxy) is 1. The van der Waals surface area contributed by atoms with E-state index >= 15 is 0 Å². The minimum Gasteiger partial charge on any atom is -0.496 e. The molecule has 27 heavy (non-hydrogen) atoms. The summed E-state index contributed by atoms with van der Waals surface area (Å²) < 4.78 is 7.81. The molecule has 2 aromatic carbocycles. The summed E-state index contributed by atoms with van der Waals surface area (Å²) in [6.45, 7) is 3.89. The van der Waals surface area contributed by atoms with E-state index in [0.29, 0.717) is 21.8 Å². The smallest absolute Gasteiger partial charge is 0.262 e. The molecule has 0 aliphatic rings. The van der Waals surface area contributed by atoms with Crippen LogP contribution in [0.25, 0.3) is 10.9 Å². The van der Waals surface area contributed by atoms with Crippen LogP contribution in [0, 0.1) is 6.92 Å². The van der Waals surface area contributed by atoms with Gasteiger partial charge in [0, 0.05) is 15.8 Å². The number of aliphatic hydroxyl groups excluding tert-OH is 1. The molecule has 1 atom stereocenters. The number of nitrogens with zero attached hydrogens (tertiary/aromatic N) is 2. The summed E-state index contributed by atoms with van der Waals surface area (Å²) in [7, 11) is 1.65. The number of hydrogen-bond acceptors (Lipinski definition) is 5. The molecule has 0 saturated carbocycles. The lowest BCUT2D eigenvalue weighted by atomic mass is 10.1. The second-order valence-corrected chi connectivity index (χ2v) is 8.28. The third kappa shape index (κ3) is 4.54. The van der Waals surface area contributed by atoms with Gasteiger partial charge < -0.3 is 9.84 Å². The van der Waals surface area contributed by atoms with Crippen LogP contribution in [-0.4, -0.2) is 27.9 Å². The van der Waals surface area contributed by atoms with Gasteiger partial charge in [0.15, 0.2) is 5.16 Å². The van der Waals surface area contributed by atoms with Crippen molar-refractivity contribution in [3.8, 4) is 5.75 Å². The first-order valence-electron chi connectivity index (χ1n) is 8.53. The molecule has 142 valence electrons. The van der Waals surface area contributed by atoms with Crippen molar-refractivity contribution >= 4 is 38.6 Å². The van der Waals surface area contributed by atoms with Gasteiger partial charge in [0.25, 0.3) is 5.56 Å². The van der Waals surface area contributed by atoms with E-state index in [4.69, 9.17) is 4.74 Å². The molecule has 0 radical (unpaired) electrons. The van der Waals surface area contributed by atoms with E-state index in [2.05, 4.69) is 27.0 Å². The Hall–Kier alpha value is -1.83. The molecule has 1 N–H and O–H groups in total. The zero-order chi connectivity index (χ0) is 19.6. The molecule has 0 aliphatic carbocycles. The van der Waals surface area contributed by atoms with E-state index < -0.39 is 6.10 Å². The largest absolute Gasteiger partial charge is 0.496 e. The highest BCUT2D eigenvalue weighted by Crippen LogP contribution is 2.28. The fraction of sp³-hybridized carbons (Fsp3) is 0.300. The van der Waals surface area contributed by atoms with Gasteiger partial charge in [0.2, 0.25) is 0 Å². The lowest BCUT2D eigenvalue weighted by Gasteiger charge is -2.15. The number of halogens is 1. The highest BCUT2D eigenvalue weighted by molar-refractivity contribution is 9.10. The first kappa shape index (κ1) is 19.9. The van der Waals surface area contributed by atoms with Crippen LogP contribution < -0.4 is 10.3 Å². The third-order valence-electron chi connectivity index (χ3n) is 4.12. The van der Waals surface area contributed by atoms with Gasteiger partial charge in [0.05, 0.1) is 30.7 Å². The Morgan fingerprint density at radius 2 is 2.07 bits per heavy atom. The normalized spacial score (nSPS) is 12.3. The van der Waals surface area contributed by atoms with Crippen LogP contribution in [0.1, 0.15) is 18.1 Å². The van der Waals surface area contributed by atoms with Crippen LogP contribution in [-0.2, 0) is 12.3 Å². The molecule has 0 amide bonds. The standard InChI is InChI=1S/C20H21BrN2O3S/c1-12-4-7-18(26-3)14(8-12)11-27-20-22-17-6-5-15(21)9-16(17)19(25)23(20)10-13(2)24/h4-9,13,24H,10-11H2,1-3H3. The fourth-order valence-corrected chi connectivity index (χ4v) is 4.22. The van der Waals surface area contributed by atoms with E-state index in [1.165, 1.54) is 11.8 Å². The average Bonchev–Trinajstić information content (AvgIpc) is 2.63. The molecule has 0 aliphatic heterocycles. The van der Waals surface area contributed by atoms with Crippen molar-refractivity contribution in [2.45, 2.75) is 37.4 Å². The Morgan fingerprint density at radius 1 is 1.30 bits per heavy atom. The van der Waals surface area contributed by atoms with E-state index in [-0.39, 0.29) is 12.1 Å². The number of aliphatic hydroxyl groups is 1. The Bertz CT molecular complexity index is 1030. The summed E-state index contributed by atoms with van der Waals surface area (Å²) >= 11 is 4.86. The number of aryl methyl sites for hydroxylation is 1. The van der Waals surface area contributed by atoms with Crippen LogP contribution in [0.4, 0.5) is 0 Å². The topological polar surface area (TPSA) is 64.3 Å². The third-order valence-corrected chi connectivity index (χ3v) is 5.64. The van der Waals surface area contributed by atoms with Crippen LogP contribution in [0.5, 0.6) is 5.75 Å². The van der Waals surface area contributed by atoms with E-state index in [9.17, 15) is 9.90 Å². The Balaban J connectivity index is 2.03. The molecular formula is C20H21BrN2O3S. The Labute approximate surface area is 170 Å². The number of benzene rings is 2. The lowest BCUT2D eigenvalue weighted by Crippen LogP contribution is -2.27. The SMILES string of the molecule is COc1ccc(C)cc1CSc1nc2ccc(Br)cc2c(=O)n1CC(C)O. The molecule has 1 unspecified atom stereocenters. The first-order chi connectivity index (χ1) is 12.9. The summed E-state index contributed by atoms with van der Waals surface area (Å²) in [5.41, 5.74) is 2.67. The number of methoxy groups -OCH3 is 1. The molecule has 0 bridgehead atoms. The summed E-state index contributed by atoms with van der Waals surface area (Å²) in [4.78, 5) is 17.7. The maximum absolute atomic E-state index is 13.0. The number of aromatic nitrogens is 2. The second kappa shape index (κ2) is 8.46. The van der Waals surface area contributed by atoms with Crippen molar-refractivity contribution < 1.29 is 9.84 Å². The Kier molecular flexibility index (Phi) is 6.24. The zero-order valence-corrected chi connectivity index (χ0v) is 17.8. The average molecular weight is 449 g/mol. The van der Waals surface area contributed by atoms with Crippen LogP contribution in [0.2, 0.25) is 0 Å². The summed E-state index contributed by atoms with van der Waals surface area (Å²) in [5, 5.41) is 11.0. The van der Waals surface area contributed by atoms with Crippen molar-refractivity contribution in [3.63, 3.8) is 0 Å². The van der Waals surface area contributed by atoms with E-state index in [1.807, 2.05) is 31.2 Å². The van der Waals surface area contributed by atoms with Gasteiger partial charge in [-0.25, -0.2) is 4.98 Å². The van der Waals surface area contributed by atoms with E-state index in [1.54, 1.807) is 24.7 Å². The zero-order valence-electron chi connectivity index (χ0n) is 15.4. The van der Waals surface area contributed by atoms with Gasteiger partial charge in [-0.1, -0.05) is 45.4 Å². The van der Waals surface area contributed by atoms with Crippen molar-refractivity contribution in [1.29, 1.82) is 0 Å². The highest BCUT2D eigenvalue weighted by Gasteiger charge is 2.15. The highest BCUT2D eigenvalue weighted by atomic mass is 79.9. The fourth-order valence-electron chi connectivity index (χ4n) is 2.87. The molecule has 3 aromatic rings. The minimum atomic E-state index is -0.651. The molecule has 0 saturated heterocycles. The molecule has 1 aromatic heterocycles. The molecule has 7 heteroatoms. The van der Waals surface area contributed by atoms with Crippen molar-refractivity contribution in [2.24, 2.45) is 0 Å². The van der Waals surface area contributed by atoms with Crippen LogP contribution in [0.3, 0.4) is 0 Å². The number of rotatable bonds is 6. The predicted octanol–water partition coefficient (Wildman–Crippen LogP) is 4.15. The molecular weight excluding hydrogens is 428 g/mol. The molecule has 3 rings (SSSR count). The Morgan fingerprint density at radius 3 is 2.78 bits per heavy atom. The van der Waals surface area contributed by atoms with Gasteiger partial charge in [-0.3, -0.25) is 9.36 Å². The van der Waals surface area contributed by atoms with Crippen molar-refractivity contribution in [3.05, 3.63) is 62.4 Å². The second-order valence-electron chi connectivity index (χ2n) is 6.42. The van der Waals surface area contributed by atoms with Crippen LogP contribution >= 0.6 is 27.7 Å². The monoisotopic (exact) mass is 448 g/mol. The van der Waals surface area contributed by atoms with Gasteiger partial charge >= 0.3 is 0 Å². The van der Waals surface area contributed by atoms with Gasteiger partial charge in [-0.15, -0.1) is 0 Å². The van der Waals surface area contributed by atoms with Gasteiger partial charge in [-0.05, 0) is 38.1 Å². The molecule has 0 fully saturated rings. The number of hydrogen-bond donors (Lipinski definition) is 1. The minimum absolute atomic E-state index is 0.152. The van der Waals surface area contributed by atoms with Crippen molar-refractivity contribution in [2.75, 3.05) is 7.11 Å². The summed E-state index contributed by atoms with van der Waals surface area (Å²) in [6.07, 6.45) is -0.651. The lowest BCUT2D eigenvalue weighted by molar-refractivity contribution is 0.168. The molecule has 5 nitrogen and oxygen atoms in total. The molecule has 0 spiro atoms. The van der Waals surface area contributed by atoms with Crippen LogP contribution in [0.15, 0.2) is 50.8 Å². The maximum atomic E-state index is 13.0. The number of thioether (sulfide) groups is 1. The molecule has 1 heterocycles. The quantitative estimate of drug-likeness (QED) is 0.453. The van der Waals surface area contributed by atoms with Crippen molar-refractivity contribution in [1.82, 2.24) is 9.55 Å². The first-order valence-corrected chi connectivity index (χ1v) is 10.3. The summed E-state index contributed by atoms with van der Waals surface area (Å²) in [5.74, 6) is 1.42.